The van der Waals surface area contributed by atoms with E-state index in [0.717, 1.165) is 26.1 Å². The number of hydrogen-bond acceptors (Lipinski definition) is 2. The third-order valence-electron chi connectivity index (χ3n) is 1.80. The quantitative estimate of drug-likeness (QED) is 0.666. The molecule has 1 atom stereocenters. The highest BCUT2D eigenvalue weighted by atomic mass is 32.2. The summed E-state index contributed by atoms with van der Waals surface area (Å²) >= 11 is 0. The standard InChI is InChI=1S/C7H14N2O2S/c1-12(11)6-2-4-9-5-3-8-7(9)10/h2-6H2,1H3,(H,8,10). The fraction of sp³-hybridized carbons (Fsp3) is 0.857. The molecule has 0 aliphatic carbocycles. The Kier molecular flexibility index (Phi) is 3.52. The molecule has 0 aromatic rings. The van der Waals surface area contributed by atoms with Gasteiger partial charge in [-0.3, -0.25) is 4.21 Å². The fourth-order valence-electron chi connectivity index (χ4n) is 1.18. The zero-order valence-electron chi connectivity index (χ0n) is 7.21. The van der Waals surface area contributed by atoms with Crippen molar-refractivity contribution in [2.75, 3.05) is 31.6 Å². The molecule has 1 heterocycles. The summed E-state index contributed by atoms with van der Waals surface area (Å²) in [7, 11) is -0.735. The highest BCUT2D eigenvalue weighted by Crippen LogP contribution is 1.98. The second kappa shape index (κ2) is 4.45. The summed E-state index contributed by atoms with van der Waals surface area (Å²) in [5.41, 5.74) is 0. The molecule has 1 fully saturated rings. The van der Waals surface area contributed by atoms with E-state index in [0.29, 0.717) is 5.75 Å². The van der Waals surface area contributed by atoms with Crippen molar-refractivity contribution in [3.05, 3.63) is 0 Å². The number of hydrogen-bond donors (Lipinski definition) is 1. The first kappa shape index (κ1) is 9.51. The predicted octanol–water partition coefficient (Wildman–Crippen LogP) is -0.220. The van der Waals surface area contributed by atoms with Crippen LogP contribution in [0.4, 0.5) is 4.79 Å². The molecular weight excluding hydrogens is 176 g/mol. The maximum atomic E-state index is 11.0. The zero-order chi connectivity index (χ0) is 8.97. The molecular formula is C7H14N2O2S. The van der Waals surface area contributed by atoms with Crippen LogP contribution in [0.5, 0.6) is 0 Å². The van der Waals surface area contributed by atoms with E-state index in [1.54, 1.807) is 11.2 Å². The van der Waals surface area contributed by atoms with Crippen LogP contribution in [0.1, 0.15) is 6.42 Å². The normalized spacial score (nSPS) is 19.4. The van der Waals surface area contributed by atoms with Crippen LogP contribution in [-0.2, 0) is 10.8 Å². The third-order valence-corrected chi connectivity index (χ3v) is 2.67. The van der Waals surface area contributed by atoms with E-state index in [1.165, 1.54) is 0 Å². The van der Waals surface area contributed by atoms with Gasteiger partial charge in [-0.25, -0.2) is 4.79 Å². The van der Waals surface area contributed by atoms with Gasteiger partial charge in [0.2, 0.25) is 0 Å². The maximum absolute atomic E-state index is 11.0. The highest BCUT2D eigenvalue weighted by Gasteiger charge is 2.18. The molecule has 12 heavy (non-hydrogen) atoms. The Labute approximate surface area is 74.8 Å². The van der Waals surface area contributed by atoms with Gasteiger partial charge in [0.25, 0.3) is 0 Å². The number of urea groups is 1. The topological polar surface area (TPSA) is 49.4 Å². The summed E-state index contributed by atoms with van der Waals surface area (Å²) in [6, 6.07) is 0.0110. The largest absolute Gasteiger partial charge is 0.336 e. The van der Waals surface area contributed by atoms with Crippen molar-refractivity contribution in [1.82, 2.24) is 10.2 Å². The lowest BCUT2D eigenvalue weighted by atomic mass is 10.4. The predicted molar refractivity (Wildman–Crippen MR) is 48.5 cm³/mol. The van der Waals surface area contributed by atoms with Crippen LogP contribution in [0.25, 0.3) is 0 Å². The van der Waals surface area contributed by atoms with E-state index >= 15 is 0 Å². The van der Waals surface area contributed by atoms with Gasteiger partial charge in [0.1, 0.15) is 0 Å². The van der Waals surface area contributed by atoms with Crippen LogP contribution >= 0.6 is 0 Å². The van der Waals surface area contributed by atoms with Crippen molar-refractivity contribution in [3.8, 4) is 0 Å². The molecule has 4 nitrogen and oxygen atoms in total. The molecule has 70 valence electrons. The molecule has 1 saturated heterocycles. The van der Waals surface area contributed by atoms with Crippen LogP contribution < -0.4 is 5.32 Å². The molecule has 1 aliphatic rings. The van der Waals surface area contributed by atoms with E-state index in [9.17, 15) is 9.00 Å². The summed E-state index contributed by atoms with van der Waals surface area (Å²) in [6.07, 6.45) is 2.51. The maximum Gasteiger partial charge on any atom is 0.317 e. The zero-order valence-corrected chi connectivity index (χ0v) is 8.02. The van der Waals surface area contributed by atoms with Crippen LogP contribution in [0, 0.1) is 0 Å². The van der Waals surface area contributed by atoms with Crippen molar-refractivity contribution in [2.24, 2.45) is 0 Å². The van der Waals surface area contributed by atoms with Crippen LogP contribution in [-0.4, -0.2) is 46.8 Å². The van der Waals surface area contributed by atoms with Crippen molar-refractivity contribution in [3.63, 3.8) is 0 Å². The van der Waals surface area contributed by atoms with Gasteiger partial charge in [0.15, 0.2) is 0 Å². The smallest absolute Gasteiger partial charge is 0.317 e. The Morgan fingerprint density at radius 1 is 1.67 bits per heavy atom. The second-order valence-electron chi connectivity index (χ2n) is 2.85. The number of nitrogens with zero attached hydrogens (tertiary/aromatic N) is 1. The molecule has 0 aromatic carbocycles. The van der Waals surface area contributed by atoms with Gasteiger partial charge in [0.05, 0.1) is 0 Å². The van der Waals surface area contributed by atoms with Gasteiger partial charge < -0.3 is 10.2 Å². The van der Waals surface area contributed by atoms with Gasteiger partial charge in [-0.05, 0) is 6.42 Å². The summed E-state index contributed by atoms with van der Waals surface area (Å²) in [5, 5.41) is 2.72. The van der Waals surface area contributed by atoms with Crippen LogP contribution in [0.3, 0.4) is 0 Å². The van der Waals surface area contributed by atoms with E-state index in [-0.39, 0.29) is 6.03 Å². The first-order valence-corrected chi connectivity index (χ1v) is 5.75. The number of nitrogens with one attached hydrogen (secondary N) is 1. The Balaban J connectivity index is 2.14. The summed E-state index contributed by atoms with van der Waals surface area (Å²) in [6.45, 7) is 2.26. The second-order valence-corrected chi connectivity index (χ2v) is 4.40. The van der Waals surface area contributed by atoms with E-state index in [2.05, 4.69) is 5.32 Å². The number of rotatable bonds is 4. The van der Waals surface area contributed by atoms with Crippen molar-refractivity contribution >= 4 is 16.8 Å². The minimum atomic E-state index is -0.735. The third kappa shape index (κ3) is 2.81. The average molecular weight is 190 g/mol. The lowest BCUT2D eigenvalue weighted by Crippen LogP contribution is -2.29. The first-order chi connectivity index (χ1) is 5.70. The molecule has 1 N–H and O–H groups in total. The van der Waals surface area contributed by atoms with Gasteiger partial charge >= 0.3 is 6.03 Å². The van der Waals surface area contributed by atoms with Crippen molar-refractivity contribution < 1.29 is 9.00 Å². The fourth-order valence-corrected chi connectivity index (χ4v) is 1.72. The molecule has 0 bridgehead atoms. The summed E-state index contributed by atoms with van der Waals surface area (Å²) in [4.78, 5) is 12.7. The van der Waals surface area contributed by atoms with Gasteiger partial charge in [-0.1, -0.05) is 0 Å². The SMILES string of the molecule is CS(=O)CCCN1CCNC1=O. The minimum absolute atomic E-state index is 0.0110. The monoisotopic (exact) mass is 190 g/mol. The van der Waals surface area contributed by atoms with Crippen molar-refractivity contribution in [2.45, 2.75) is 6.42 Å². The average Bonchev–Trinajstić information content (AvgIpc) is 2.36. The highest BCUT2D eigenvalue weighted by molar-refractivity contribution is 7.84. The van der Waals surface area contributed by atoms with Gasteiger partial charge in [-0.2, -0.15) is 0 Å². The number of amides is 2. The molecule has 1 aliphatic heterocycles. The Morgan fingerprint density at radius 2 is 2.42 bits per heavy atom. The Bertz CT molecular complexity index is 196. The van der Waals surface area contributed by atoms with Gasteiger partial charge in [0, 0.05) is 42.4 Å². The number of carbonyl (C=O) groups excluding carboxylic acids is 1. The van der Waals surface area contributed by atoms with Crippen LogP contribution in [0.15, 0.2) is 0 Å². The Hall–Kier alpha value is -0.580. The summed E-state index contributed by atoms with van der Waals surface area (Å²) in [5.74, 6) is 0.684. The van der Waals surface area contributed by atoms with Gasteiger partial charge in [-0.15, -0.1) is 0 Å². The minimum Gasteiger partial charge on any atom is -0.336 e. The number of carbonyl (C=O) groups is 1. The van der Waals surface area contributed by atoms with E-state index in [4.69, 9.17) is 0 Å². The molecule has 0 radical (unpaired) electrons. The molecule has 0 aromatic heterocycles. The summed E-state index contributed by atoms with van der Waals surface area (Å²) < 4.78 is 10.7. The van der Waals surface area contributed by atoms with Crippen molar-refractivity contribution in [1.29, 1.82) is 0 Å². The molecule has 2 amide bonds. The van der Waals surface area contributed by atoms with E-state index in [1.807, 2.05) is 0 Å². The lowest BCUT2D eigenvalue weighted by molar-refractivity contribution is 0.217. The molecule has 1 rings (SSSR count). The first-order valence-electron chi connectivity index (χ1n) is 4.03. The van der Waals surface area contributed by atoms with Crippen LogP contribution in [0.2, 0.25) is 0 Å². The Morgan fingerprint density at radius 3 is 2.92 bits per heavy atom. The molecule has 0 saturated carbocycles. The molecule has 1 unspecified atom stereocenters. The lowest BCUT2D eigenvalue weighted by Gasteiger charge is -2.12. The van der Waals surface area contributed by atoms with E-state index < -0.39 is 10.8 Å². The molecule has 5 heteroatoms. The molecule has 0 spiro atoms.